The first-order chi connectivity index (χ1) is 13.6. The lowest BCUT2D eigenvalue weighted by atomic mass is 10.0. The number of aromatic hydroxyl groups is 1. The van der Waals surface area contributed by atoms with Crippen LogP contribution in [0.15, 0.2) is 36.4 Å². The Balaban J connectivity index is 1.70. The molecule has 3 rings (SSSR count). The van der Waals surface area contributed by atoms with Crippen molar-refractivity contribution >= 4 is 16.8 Å². The van der Waals surface area contributed by atoms with Crippen LogP contribution in [0.2, 0.25) is 0 Å². The molecule has 5 nitrogen and oxygen atoms in total. The van der Waals surface area contributed by atoms with Gasteiger partial charge in [-0.2, -0.15) is 0 Å². The lowest BCUT2D eigenvalue weighted by Crippen LogP contribution is -2.01. The quantitative estimate of drug-likeness (QED) is 0.359. The van der Waals surface area contributed by atoms with E-state index in [0.717, 1.165) is 18.4 Å². The van der Waals surface area contributed by atoms with Crippen LogP contribution >= 0.6 is 0 Å². The molecule has 0 aliphatic carbocycles. The molecule has 0 spiro atoms. The Morgan fingerprint density at radius 2 is 1.75 bits per heavy atom. The second-order valence-corrected chi connectivity index (χ2v) is 7.45. The van der Waals surface area contributed by atoms with E-state index >= 15 is 0 Å². The zero-order valence-corrected chi connectivity index (χ0v) is 16.8. The third-order valence-corrected chi connectivity index (χ3v) is 5.07. The van der Waals surface area contributed by atoms with E-state index in [9.17, 15) is 9.90 Å². The number of benzene rings is 2. The van der Waals surface area contributed by atoms with Gasteiger partial charge in [0.25, 0.3) is 0 Å². The number of rotatable bonds is 10. The molecule has 0 bridgehead atoms. The van der Waals surface area contributed by atoms with Gasteiger partial charge in [0, 0.05) is 12.0 Å². The van der Waals surface area contributed by atoms with Crippen molar-refractivity contribution in [3.05, 3.63) is 47.5 Å². The number of phenols is 1. The van der Waals surface area contributed by atoms with Crippen LogP contribution in [0, 0.1) is 6.92 Å². The van der Waals surface area contributed by atoms with Crippen LogP contribution in [0.5, 0.6) is 5.75 Å². The highest BCUT2D eigenvalue weighted by Crippen LogP contribution is 2.24. The summed E-state index contributed by atoms with van der Waals surface area (Å²) >= 11 is 0. The Hall–Kier alpha value is -2.69. The van der Waals surface area contributed by atoms with Crippen molar-refractivity contribution in [1.29, 1.82) is 0 Å². The Labute approximate surface area is 166 Å². The molecular formula is C23H29N3O2. The lowest BCUT2D eigenvalue weighted by molar-refractivity contribution is 0.0980. The van der Waals surface area contributed by atoms with Crippen LogP contribution in [0.4, 0.5) is 0 Å². The molecule has 0 unspecified atom stereocenters. The molecule has 0 aliphatic rings. The van der Waals surface area contributed by atoms with Gasteiger partial charge in [-0.15, -0.1) is 15.0 Å². The van der Waals surface area contributed by atoms with Crippen molar-refractivity contribution in [2.45, 2.75) is 65.2 Å². The predicted octanol–water partition coefficient (Wildman–Crippen LogP) is 5.76. The summed E-state index contributed by atoms with van der Waals surface area (Å²) in [7, 11) is 0. The minimum atomic E-state index is 0.110. The summed E-state index contributed by atoms with van der Waals surface area (Å²) in [4.78, 5) is 14.1. The predicted molar refractivity (Wildman–Crippen MR) is 112 cm³/mol. The summed E-state index contributed by atoms with van der Waals surface area (Å²) in [5.74, 6) is 0.232. The van der Waals surface area contributed by atoms with Gasteiger partial charge in [0.15, 0.2) is 5.78 Å². The molecule has 0 saturated heterocycles. The van der Waals surface area contributed by atoms with E-state index in [-0.39, 0.29) is 11.5 Å². The first-order valence-electron chi connectivity index (χ1n) is 10.3. The maximum absolute atomic E-state index is 12.7. The Bertz CT molecular complexity index is 946. The number of aromatic nitrogens is 3. The number of aryl methyl sites for hydroxylation is 1. The number of hydrogen-bond donors (Lipinski definition) is 1. The van der Waals surface area contributed by atoms with E-state index in [1.54, 1.807) is 12.1 Å². The average Bonchev–Trinajstić information content (AvgIpc) is 3.11. The Morgan fingerprint density at radius 3 is 2.50 bits per heavy atom. The van der Waals surface area contributed by atoms with E-state index in [1.165, 1.54) is 36.9 Å². The highest BCUT2D eigenvalue weighted by Gasteiger charge is 2.15. The molecule has 0 fully saturated rings. The van der Waals surface area contributed by atoms with Crippen molar-refractivity contribution in [2.75, 3.05) is 0 Å². The average molecular weight is 380 g/mol. The molecule has 28 heavy (non-hydrogen) atoms. The van der Waals surface area contributed by atoms with Crippen molar-refractivity contribution < 1.29 is 9.90 Å². The molecule has 0 saturated carbocycles. The maximum Gasteiger partial charge on any atom is 0.165 e. The van der Waals surface area contributed by atoms with Gasteiger partial charge >= 0.3 is 0 Å². The molecule has 5 heteroatoms. The van der Waals surface area contributed by atoms with E-state index in [0.29, 0.717) is 28.7 Å². The number of carbonyl (C=O) groups is 1. The molecule has 0 radical (unpaired) electrons. The molecular weight excluding hydrogens is 350 g/mol. The van der Waals surface area contributed by atoms with Crippen LogP contribution < -0.4 is 0 Å². The monoisotopic (exact) mass is 379 g/mol. The normalized spacial score (nSPS) is 11.2. The number of Topliss-reactive ketones (excluding diaryl/α,β-unsaturated/α-hetero) is 1. The fourth-order valence-corrected chi connectivity index (χ4v) is 3.45. The van der Waals surface area contributed by atoms with E-state index in [4.69, 9.17) is 0 Å². The zero-order chi connectivity index (χ0) is 19.9. The first kappa shape index (κ1) is 20.1. The second-order valence-electron chi connectivity index (χ2n) is 7.45. The Morgan fingerprint density at radius 1 is 1.00 bits per heavy atom. The molecule has 0 amide bonds. The summed E-state index contributed by atoms with van der Waals surface area (Å²) in [5.41, 5.74) is 3.33. The van der Waals surface area contributed by atoms with E-state index < -0.39 is 0 Å². The fraction of sp³-hybridized carbons (Fsp3) is 0.435. The number of nitrogens with zero attached hydrogens (tertiary/aromatic N) is 3. The Kier molecular flexibility index (Phi) is 6.80. The minimum absolute atomic E-state index is 0.110. The number of ketones is 1. The summed E-state index contributed by atoms with van der Waals surface area (Å²) in [5, 5.41) is 19.1. The maximum atomic E-state index is 12.7. The van der Waals surface area contributed by atoms with Crippen LogP contribution in [-0.2, 0) is 0 Å². The number of unbranched alkanes of at least 4 members (excludes halogenated alkanes) is 6. The van der Waals surface area contributed by atoms with Crippen molar-refractivity contribution in [3.63, 3.8) is 0 Å². The molecule has 1 aromatic heterocycles. The first-order valence-corrected chi connectivity index (χ1v) is 10.3. The number of carbonyl (C=O) groups excluding carboxylic acids is 1. The number of phenolic OH excluding ortho intramolecular Hbond substituents is 1. The fourth-order valence-electron chi connectivity index (χ4n) is 3.45. The molecule has 1 heterocycles. The van der Waals surface area contributed by atoms with Gasteiger partial charge in [0.1, 0.15) is 22.5 Å². The van der Waals surface area contributed by atoms with Gasteiger partial charge in [-0.25, -0.2) is 0 Å². The van der Waals surface area contributed by atoms with Crippen LogP contribution in [0.1, 0.15) is 74.2 Å². The smallest absolute Gasteiger partial charge is 0.165 e. The molecule has 0 atom stereocenters. The van der Waals surface area contributed by atoms with E-state index in [1.807, 2.05) is 31.2 Å². The number of hydrogen-bond acceptors (Lipinski definition) is 4. The SMILES string of the molecule is CCCCCCCCCC(=O)c1cccc2nn(-c3ccc(C)cc3O)nc12. The van der Waals surface area contributed by atoms with E-state index in [2.05, 4.69) is 17.1 Å². The van der Waals surface area contributed by atoms with Gasteiger partial charge in [-0.1, -0.05) is 57.6 Å². The molecule has 1 N–H and O–H groups in total. The van der Waals surface area contributed by atoms with Crippen LogP contribution in [-0.4, -0.2) is 25.9 Å². The van der Waals surface area contributed by atoms with Crippen LogP contribution in [0.25, 0.3) is 16.7 Å². The highest BCUT2D eigenvalue weighted by molar-refractivity contribution is 6.05. The summed E-state index contributed by atoms with van der Waals surface area (Å²) < 4.78 is 0. The largest absolute Gasteiger partial charge is 0.506 e. The summed E-state index contributed by atoms with van der Waals surface area (Å²) in [6, 6.07) is 10.9. The van der Waals surface area contributed by atoms with Gasteiger partial charge in [0.2, 0.25) is 0 Å². The molecule has 3 aromatic rings. The standard InChI is InChI=1S/C23H29N3O2/c1-3-4-5-6-7-8-9-13-21(27)18-11-10-12-19-23(18)25-26(24-19)20-15-14-17(2)16-22(20)28/h10-12,14-16,28H,3-9,13H2,1-2H3. The van der Waals surface area contributed by atoms with Gasteiger partial charge in [-0.3, -0.25) is 4.79 Å². The van der Waals surface area contributed by atoms with Gasteiger partial charge in [0.05, 0.1) is 0 Å². The summed E-state index contributed by atoms with van der Waals surface area (Å²) in [6.07, 6.45) is 8.83. The lowest BCUT2D eigenvalue weighted by Gasteiger charge is -2.03. The highest BCUT2D eigenvalue weighted by atomic mass is 16.3. The summed E-state index contributed by atoms with van der Waals surface area (Å²) in [6.45, 7) is 4.13. The molecule has 148 valence electrons. The molecule has 0 aliphatic heterocycles. The van der Waals surface area contributed by atoms with Gasteiger partial charge in [-0.05, 0) is 43.2 Å². The van der Waals surface area contributed by atoms with Crippen molar-refractivity contribution in [2.24, 2.45) is 0 Å². The molecule has 2 aromatic carbocycles. The van der Waals surface area contributed by atoms with Crippen molar-refractivity contribution in [3.8, 4) is 11.4 Å². The number of fused-ring (bicyclic) bond motifs is 1. The zero-order valence-electron chi connectivity index (χ0n) is 16.8. The third kappa shape index (κ3) is 4.77. The van der Waals surface area contributed by atoms with Crippen LogP contribution in [0.3, 0.4) is 0 Å². The second kappa shape index (κ2) is 9.49. The topological polar surface area (TPSA) is 68.0 Å². The van der Waals surface area contributed by atoms with Gasteiger partial charge < -0.3 is 5.11 Å². The third-order valence-electron chi connectivity index (χ3n) is 5.07. The van der Waals surface area contributed by atoms with Crippen molar-refractivity contribution in [1.82, 2.24) is 15.0 Å². The minimum Gasteiger partial charge on any atom is -0.506 e.